The number of carbonyl (C=O) groups is 1. The van der Waals surface area contributed by atoms with E-state index in [1.807, 2.05) is 31.2 Å². The van der Waals surface area contributed by atoms with E-state index in [0.29, 0.717) is 5.75 Å². The average molecular weight is 308 g/mol. The van der Waals surface area contributed by atoms with Gasteiger partial charge in [-0.3, -0.25) is 0 Å². The Morgan fingerprint density at radius 1 is 1.04 bits per heavy atom. The molecule has 3 rings (SSSR count). The van der Waals surface area contributed by atoms with Crippen LogP contribution < -0.4 is 4.74 Å². The van der Waals surface area contributed by atoms with Crippen molar-refractivity contribution >= 4 is 16.7 Å². The summed E-state index contributed by atoms with van der Waals surface area (Å²) in [4.78, 5) is 11.1. The highest BCUT2D eigenvalue weighted by atomic mass is 16.5. The Morgan fingerprint density at radius 2 is 1.83 bits per heavy atom. The number of aryl methyl sites for hydroxylation is 1. The molecule has 0 amide bonds. The van der Waals surface area contributed by atoms with Crippen molar-refractivity contribution in [2.45, 2.75) is 6.92 Å². The Balaban J connectivity index is 2.18. The smallest absolute Gasteiger partial charge is 0.335 e. The number of rotatable bonds is 3. The monoisotopic (exact) mass is 308 g/mol. The van der Waals surface area contributed by atoms with Crippen LogP contribution in [-0.4, -0.2) is 23.3 Å². The summed E-state index contributed by atoms with van der Waals surface area (Å²) < 4.78 is 5.16. The predicted molar refractivity (Wildman–Crippen MR) is 89.3 cm³/mol. The molecule has 0 aliphatic rings. The second-order valence-corrected chi connectivity index (χ2v) is 5.37. The maximum absolute atomic E-state index is 11.1. The third-order valence-electron chi connectivity index (χ3n) is 4.03. The summed E-state index contributed by atoms with van der Waals surface area (Å²) in [5.74, 6) is -0.416. The number of methoxy groups -OCH3 is 1. The molecule has 3 aromatic carbocycles. The van der Waals surface area contributed by atoms with Crippen LogP contribution in [0.5, 0.6) is 11.5 Å². The molecule has 0 aromatic heterocycles. The lowest BCUT2D eigenvalue weighted by Gasteiger charge is -2.12. The third-order valence-corrected chi connectivity index (χ3v) is 4.03. The molecule has 4 heteroatoms. The second-order valence-electron chi connectivity index (χ2n) is 5.37. The van der Waals surface area contributed by atoms with Gasteiger partial charge in [0.05, 0.1) is 12.7 Å². The van der Waals surface area contributed by atoms with Crippen LogP contribution in [0.2, 0.25) is 0 Å². The minimum Gasteiger partial charge on any atom is -0.504 e. The SMILES string of the molecule is COc1cc(-c2ccc3cc(C(=O)O)ccc3c2C)ccc1O. The Hall–Kier alpha value is -3.01. The van der Waals surface area contributed by atoms with Gasteiger partial charge in [0.15, 0.2) is 11.5 Å². The highest BCUT2D eigenvalue weighted by molar-refractivity contribution is 5.97. The highest BCUT2D eigenvalue weighted by Crippen LogP contribution is 2.35. The lowest BCUT2D eigenvalue weighted by molar-refractivity contribution is 0.0697. The zero-order chi connectivity index (χ0) is 16.6. The van der Waals surface area contributed by atoms with Gasteiger partial charge in [0.2, 0.25) is 0 Å². The van der Waals surface area contributed by atoms with Crippen molar-refractivity contribution in [3.63, 3.8) is 0 Å². The number of phenolic OH excluding ortho intramolecular Hbond substituents is 1. The lowest BCUT2D eigenvalue weighted by Crippen LogP contribution is -1.96. The predicted octanol–water partition coefficient (Wildman–Crippen LogP) is 4.23. The summed E-state index contributed by atoms with van der Waals surface area (Å²) in [6, 6.07) is 14.2. The molecule has 0 aliphatic carbocycles. The average Bonchev–Trinajstić information content (AvgIpc) is 2.55. The van der Waals surface area contributed by atoms with Crippen molar-refractivity contribution in [1.29, 1.82) is 0 Å². The topological polar surface area (TPSA) is 66.8 Å². The van der Waals surface area contributed by atoms with E-state index in [9.17, 15) is 9.90 Å². The number of hydrogen-bond donors (Lipinski definition) is 2. The molecule has 0 aliphatic heterocycles. The molecule has 2 N–H and O–H groups in total. The Kier molecular flexibility index (Phi) is 3.66. The van der Waals surface area contributed by atoms with Crippen molar-refractivity contribution in [2.24, 2.45) is 0 Å². The third kappa shape index (κ3) is 2.59. The Labute approximate surface area is 133 Å². The normalized spacial score (nSPS) is 10.7. The fourth-order valence-corrected chi connectivity index (χ4v) is 2.78. The summed E-state index contributed by atoms with van der Waals surface area (Å²) in [6.45, 7) is 2.00. The van der Waals surface area contributed by atoms with Crippen LogP contribution >= 0.6 is 0 Å². The zero-order valence-electron chi connectivity index (χ0n) is 12.8. The first kappa shape index (κ1) is 14.9. The van der Waals surface area contributed by atoms with Crippen LogP contribution in [-0.2, 0) is 0 Å². The van der Waals surface area contributed by atoms with Crippen molar-refractivity contribution in [3.8, 4) is 22.6 Å². The van der Waals surface area contributed by atoms with Gasteiger partial charge in [-0.25, -0.2) is 4.79 Å². The molecule has 0 fully saturated rings. The first-order valence-electron chi connectivity index (χ1n) is 7.15. The standard InChI is InChI=1S/C19H16O4/c1-11-15-7-4-14(19(21)22)9-12(15)3-6-16(11)13-5-8-17(20)18(10-13)23-2/h3-10,20H,1-2H3,(H,21,22). The number of aromatic hydroxyl groups is 1. The molecule has 116 valence electrons. The van der Waals surface area contributed by atoms with E-state index in [0.717, 1.165) is 27.5 Å². The van der Waals surface area contributed by atoms with Gasteiger partial charge in [-0.1, -0.05) is 24.3 Å². The molecular weight excluding hydrogens is 292 g/mol. The fraction of sp³-hybridized carbons (Fsp3) is 0.105. The van der Waals surface area contributed by atoms with Gasteiger partial charge in [-0.2, -0.15) is 0 Å². The summed E-state index contributed by atoms with van der Waals surface area (Å²) in [6.07, 6.45) is 0. The minimum atomic E-state index is -0.933. The maximum Gasteiger partial charge on any atom is 0.335 e. The van der Waals surface area contributed by atoms with Gasteiger partial charge >= 0.3 is 5.97 Å². The van der Waals surface area contributed by atoms with Gasteiger partial charge < -0.3 is 14.9 Å². The van der Waals surface area contributed by atoms with Gasteiger partial charge in [-0.05, 0) is 58.7 Å². The quantitative estimate of drug-likeness (QED) is 0.760. The van der Waals surface area contributed by atoms with E-state index in [1.165, 1.54) is 7.11 Å². The number of phenols is 1. The van der Waals surface area contributed by atoms with E-state index in [1.54, 1.807) is 24.3 Å². The first-order valence-corrected chi connectivity index (χ1v) is 7.15. The van der Waals surface area contributed by atoms with E-state index in [4.69, 9.17) is 9.84 Å². The molecule has 23 heavy (non-hydrogen) atoms. The van der Waals surface area contributed by atoms with Crippen LogP contribution in [0, 0.1) is 6.92 Å². The van der Waals surface area contributed by atoms with Crippen LogP contribution in [0.4, 0.5) is 0 Å². The Bertz CT molecular complexity index is 913. The van der Waals surface area contributed by atoms with Crippen molar-refractivity contribution in [1.82, 2.24) is 0 Å². The summed E-state index contributed by atoms with van der Waals surface area (Å²) in [5, 5.41) is 20.7. The van der Waals surface area contributed by atoms with Crippen LogP contribution in [0.1, 0.15) is 15.9 Å². The largest absolute Gasteiger partial charge is 0.504 e. The molecule has 0 saturated heterocycles. The summed E-state index contributed by atoms with van der Waals surface area (Å²) in [7, 11) is 1.51. The maximum atomic E-state index is 11.1. The molecule has 0 unspecified atom stereocenters. The highest BCUT2D eigenvalue weighted by Gasteiger charge is 2.11. The van der Waals surface area contributed by atoms with Crippen molar-refractivity contribution in [3.05, 3.63) is 59.7 Å². The molecule has 0 heterocycles. The molecule has 4 nitrogen and oxygen atoms in total. The number of benzene rings is 3. The minimum absolute atomic E-state index is 0.0980. The van der Waals surface area contributed by atoms with Gasteiger partial charge in [0.25, 0.3) is 0 Å². The van der Waals surface area contributed by atoms with Crippen molar-refractivity contribution in [2.75, 3.05) is 7.11 Å². The molecule has 0 saturated carbocycles. The summed E-state index contributed by atoms with van der Waals surface area (Å²) >= 11 is 0. The van der Waals surface area contributed by atoms with Gasteiger partial charge in [0, 0.05) is 0 Å². The van der Waals surface area contributed by atoms with E-state index in [2.05, 4.69) is 0 Å². The molecule has 0 radical (unpaired) electrons. The fourth-order valence-electron chi connectivity index (χ4n) is 2.78. The summed E-state index contributed by atoms with van der Waals surface area (Å²) in [5.41, 5.74) is 3.27. The van der Waals surface area contributed by atoms with Crippen LogP contribution in [0.25, 0.3) is 21.9 Å². The van der Waals surface area contributed by atoms with Gasteiger partial charge in [0.1, 0.15) is 0 Å². The number of carboxylic acids is 1. The first-order chi connectivity index (χ1) is 11.0. The lowest BCUT2D eigenvalue weighted by atomic mass is 9.94. The number of carboxylic acid groups (broad SMARTS) is 1. The second kappa shape index (κ2) is 5.65. The zero-order valence-corrected chi connectivity index (χ0v) is 12.8. The molecule has 0 atom stereocenters. The van der Waals surface area contributed by atoms with Gasteiger partial charge in [-0.15, -0.1) is 0 Å². The Morgan fingerprint density at radius 3 is 2.52 bits per heavy atom. The van der Waals surface area contributed by atoms with E-state index < -0.39 is 5.97 Å². The van der Waals surface area contributed by atoms with Crippen LogP contribution in [0.15, 0.2) is 48.5 Å². The molecular formula is C19H16O4. The van der Waals surface area contributed by atoms with Crippen molar-refractivity contribution < 1.29 is 19.7 Å². The number of aromatic carboxylic acids is 1. The van der Waals surface area contributed by atoms with Crippen LogP contribution in [0.3, 0.4) is 0 Å². The van der Waals surface area contributed by atoms with E-state index >= 15 is 0 Å². The van der Waals surface area contributed by atoms with E-state index in [-0.39, 0.29) is 11.3 Å². The molecule has 0 spiro atoms. The number of fused-ring (bicyclic) bond motifs is 1. The number of hydrogen-bond acceptors (Lipinski definition) is 3. The molecule has 3 aromatic rings. The molecule has 0 bridgehead atoms. The number of ether oxygens (including phenoxy) is 1.